The Morgan fingerprint density at radius 3 is 2.65 bits per heavy atom. The van der Waals surface area contributed by atoms with Gasteiger partial charge in [-0.25, -0.2) is 4.98 Å². The van der Waals surface area contributed by atoms with Gasteiger partial charge in [0.25, 0.3) is 5.91 Å². The van der Waals surface area contributed by atoms with Crippen molar-refractivity contribution in [3.63, 3.8) is 0 Å². The number of benzene rings is 3. The number of anilines is 1. The number of ether oxygens (including phenoxy) is 1. The average Bonchev–Trinajstić information content (AvgIpc) is 3.43. The van der Waals surface area contributed by atoms with Gasteiger partial charge < -0.3 is 9.15 Å². The number of fused-ring (bicyclic) bond motifs is 2. The number of carbonyl (C=O) groups excluding carboxylic acids is 1. The van der Waals surface area contributed by atoms with Gasteiger partial charge in [0.1, 0.15) is 16.8 Å². The molecule has 0 aliphatic carbocycles. The van der Waals surface area contributed by atoms with Crippen LogP contribution >= 0.6 is 22.9 Å². The molecule has 5 rings (SSSR count). The Morgan fingerprint density at radius 1 is 1.10 bits per heavy atom. The Balaban J connectivity index is 1.62. The number of thiazole rings is 1. The summed E-state index contributed by atoms with van der Waals surface area (Å²) in [5, 5.41) is 1.96. The fourth-order valence-electron chi connectivity index (χ4n) is 3.43. The summed E-state index contributed by atoms with van der Waals surface area (Å²) in [5.41, 5.74) is 2.27. The topological polar surface area (TPSA) is 55.6 Å². The van der Waals surface area contributed by atoms with Gasteiger partial charge in [-0.1, -0.05) is 71.5 Å². The molecule has 0 bridgehead atoms. The van der Waals surface area contributed by atoms with Gasteiger partial charge in [0.2, 0.25) is 0 Å². The Morgan fingerprint density at radius 2 is 1.87 bits per heavy atom. The van der Waals surface area contributed by atoms with Crippen LogP contribution in [0.25, 0.3) is 21.2 Å². The molecule has 2 aromatic heterocycles. The second kappa shape index (κ2) is 8.06. The lowest BCUT2D eigenvalue weighted by atomic mass is 10.2. The zero-order valence-corrected chi connectivity index (χ0v) is 18.1. The Bertz CT molecular complexity index is 1360. The Labute approximate surface area is 187 Å². The second-order valence-corrected chi connectivity index (χ2v) is 8.33. The first kappa shape index (κ1) is 19.6. The van der Waals surface area contributed by atoms with Crippen LogP contribution in [-0.2, 0) is 6.54 Å². The first-order valence-electron chi connectivity index (χ1n) is 9.61. The minimum absolute atomic E-state index is 0.259. The zero-order chi connectivity index (χ0) is 21.4. The maximum Gasteiger partial charge on any atom is 0.296 e. The van der Waals surface area contributed by atoms with Crippen molar-refractivity contribution in [2.24, 2.45) is 0 Å². The molecule has 0 fully saturated rings. The van der Waals surface area contributed by atoms with Crippen LogP contribution in [-0.4, -0.2) is 18.0 Å². The highest BCUT2D eigenvalue weighted by atomic mass is 35.5. The van der Waals surface area contributed by atoms with E-state index in [1.54, 1.807) is 30.2 Å². The van der Waals surface area contributed by atoms with Gasteiger partial charge in [0.05, 0.1) is 23.4 Å². The molecule has 1 amide bonds. The van der Waals surface area contributed by atoms with E-state index in [4.69, 9.17) is 25.7 Å². The molecular weight excluding hydrogens is 432 g/mol. The molecule has 5 nitrogen and oxygen atoms in total. The van der Waals surface area contributed by atoms with E-state index < -0.39 is 0 Å². The summed E-state index contributed by atoms with van der Waals surface area (Å²) in [6.45, 7) is 0.344. The van der Waals surface area contributed by atoms with E-state index in [9.17, 15) is 4.79 Å². The molecule has 7 heteroatoms. The van der Waals surface area contributed by atoms with E-state index in [0.29, 0.717) is 33.5 Å². The van der Waals surface area contributed by atoms with E-state index in [1.165, 1.54) is 11.3 Å². The average molecular weight is 449 g/mol. The summed E-state index contributed by atoms with van der Waals surface area (Å²) in [6, 6.07) is 22.6. The van der Waals surface area contributed by atoms with Crippen LogP contribution in [0.1, 0.15) is 16.1 Å². The summed E-state index contributed by atoms with van der Waals surface area (Å²) < 4.78 is 12.1. The molecule has 0 N–H and O–H groups in total. The van der Waals surface area contributed by atoms with Crippen LogP contribution in [0.5, 0.6) is 5.75 Å². The van der Waals surface area contributed by atoms with Crippen molar-refractivity contribution in [2.45, 2.75) is 6.54 Å². The summed E-state index contributed by atoms with van der Waals surface area (Å²) in [6.07, 6.45) is 0. The normalized spacial score (nSPS) is 11.2. The summed E-state index contributed by atoms with van der Waals surface area (Å²) in [4.78, 5) is 19.9. The van der Waals surface area contributed by atoms with Crippen molar-refractivity contribution in [2.75, 3.05) is 12.0 Å². The lowest BCUT2D eigenvalue weighted by Crippen LogP contribution is -2.30. The number of para-hydroxylation sites is 1. The third kappa shape index (κ3) is 3.65. The molecule has 3 aromatic carbocycles. The van der Waals surface area contributed by atoms with E-state index in [1.807, 2.05) is 54.6 Å². The number of halogens is 1. The van der Waals surface area contributed by atoms with Gasteiger partial charge in [-0.05, 0) is 29.8 Å². The smallest absolute Gasteiger partial charge is 0.296 e. The van der Waals surface area contributed by atoms with Crippen LogP contribution in [0.15, 0.2) is 77.2 Å². The fraction of sp³-hybridized carbons (Fsp3) is 0.0833. The highest BCUT2D eigenvalue weighted by molar-refractivity contribution is 7.23. The van der Waals surface area contributed by atoms with Crippen molar-refractivity contribution in [3.8, 4) is 5.75 Å². The van der Waals surface area contributed by atoms with Gasteiger partial charge in [0.15, 0.2) is 10.9 Å². The summed E-state index contributed by atoms with van der Waals surface area (Å²) in [7, 11) is 1.59. The van der Waals surface area contributed by atoms with Crippen molar-refractivity contribution in [1.29, 1.82) is 0 Å². The number of hydrogen-bond donors (Lipinski definition) is 0. The highest BCUT2D eigenvalue weighted by Gasteiger charge is 2.26. The number of rotatable bonds is 5. The maximum absolute atomic E-state index is 13.6. The Kier molecular flexibility index (Phi) is 5.10. The molecule has 0 saturated heterocycles. The molecule has 154 valence electrons. The number of furan rings is 1. The molecule has 0 radical (unpaired) electrons. The molecule has 0 aliphatic heterocycles. The minimum Gasteiger partial charge on any atom is -0.494 e. The zero-order valence-electron chi connectivity index (χ0n) is 16.5. The van der Waals surface area contributed by atoms with Crippen molar-refractivity contribution < 1.29 is 13.9 Å². The fourth-order valence-corrected chi connectivity index (χ4v) is 4.69. The van der Waals surface area contributed by atoms with E-state index in [-0.39, 0.29) is 11.7 Å². The predicted molar refractivity (Wildman–Crippen MR) is 124 cm³/mol. The van der Waals surface area contributed by atoms with Crippen LogP contribution < -0.4 is 9.64 Å². The van der Waals surface area contributed by atoms with E-state index in [0.717, 1.165) is 15.6 Å². The molecule has 2 heterocycles. The molecule has 0 spiro atoms. The predicted octanol–water partition coefficient (Wildman–Crippen LogP) is 6.55. The van der Waals surface area contributed by atoms with Crippen LogP contribution in [0.2, 0.25) is 5.02 Å². The number of methoxy groups -OCH3 is 1. The van der Waals surface area contributed by atoms with Crippen molar-refractivity contribution in [1.82, 2.24) is 4.98 Å². The third-order valence-electron chi connectivity index (χ3n) is 4.96. The number of aromatic nitrogens is 1. The van der Waals surface area contributed by atoms with E-state index in [2.05, 4.69) is 0 Å². The molecule has 0 saturated carbocycles. The van der Waals surface area contributed by atoms with Gasteiger partial charge >= 0.3 is 0 Å². The Hall–Kier alpha value is -3.35. The lowest BCUT2D eigenvalue weighted by Gasteiger charge is -2.18. The van der Waals surface area contributed by atoms with Gasteiger partial charge in [-0.3, -0.25) is 9.69 Å². The van der Waals surface area contributed by atoms with Crippen molar-refractivity contribution in [3.05, 3.63) is 89.1 Å². The van der Waals surface area contributed by atoms with Gasteiger partial charge in [0, 0.05) is 5.39 Å². The first-order valence-corrected chi connectivity index (χ1v) is 10.8. The third-order valence-corrected chi connectivity index (χ3v) is 6.50. The molecule has 5 aromatic rings. The molecule has 0 atom stereocenters. The van der Waals surface area contributed by atoms with Gasteiger partial charge in [-0.2, -0.15) is 0 Å². The molecule has 0 aliphatic rings. The summed E-state index contributed by atoms with van der Waals surface area (Å²) in [5.74, 6) is 0.599. The second-order valence-electron chi connectivity index (χ2n) is 6.95. The largest absolute Gasteiger partial charge is 0.494 e. The minimum atomic E-state index is -0.269. The molecule has 0 unspecified atom stereocenters. The highest BCUT2D eigenvalue weighted by Crippen LogP contribution is 2.39. The lowest BCUT2D eigenvalue weighted by molar-refractivity contribution is 0.0960. The van der Waals surface area contributed by atoms with Crippen LogP contribution in [0.4, 0.5) is 5.13 Å². The van der Waals surface area contributed by atoms with Crippen molar-refractivity contribution >= 4 is 55.2 Å². The summed E-state index contributed by atoms with van der Waals surface area (Å²) >= 11 is 7.76. The van der Waals surface area contributed by atoms with Gasteiger partial charge in [-0.15, -0.1) is 0 Å². The molecule has 31 heavy (non-hydrogen) atoms. The monoisotopic (exact) mass is 448 g/mol. The standard InChI is InChI=1S/C24H17ClN2O3S/c1-29-19-12-11-17(25)22-21(19)26-24(31-22)27(14-15-7-3-2-4-8-15)23(28)20-13-16-9-5-6-10-18(16)30-20/h2-13H,14H2,1H3. The first-order chi connectivity index (χ1) is 15.1. The number of carbonyl (C=O) groups is 1. The maximum atomic E-state index is 13.6. The SMILES string of the molecule is COc1ccc(Cl)c2sc(N(Cc3ccccc3)C(=O)c3cc4ccccc4o3)nc12. The number of nitrogens with zero attached hydrogens (tertiary/aromatic N) is 2. The van der Waals surface area contributed by atoms with E-state index >= 15 is 0 Å². The van der Waals surface area contributed by atoms with Crippen LogP contribution in [0, 0.1) is 0 Å². The van der Waals surface area contributed by atoms with Crippen LogP contribution in [0.3, 0.4) is 0 Å². The quantitative estimate of drug-likeness (QED) is 0.306. The number of amides is 1. The molecular formula is C24H17ClN2O3S. The number of hydrogen-bond acceptors (Lipinski definition) is 5.